The molecular weight excluding hydrogens is 244 g/mol. The first kappa shape index (κ1) is 14.9. The first-order valence-corrected chi connectivity index (χ1v) is 6.01. The maximum absolute atomic E-state index is 11.6. The van der Waals surface area contributed by atoms with Crippen LogP contribution in [0.5, 0.6) is 0 Å². The summed E-state index contributed by atoms with van der Waals surface area (Å²) in [6, 6.07) is 9.44. The largest absolute Gasteiger partial charge is 0.444 e. The van der Waals surface area contributed by atoms with Crippen LogP contribution < -0.4 is 5.32 Å². The number of carbonyl (C=O) groups excluding carboxylic acids is 2. The van der Waals surface area contributed by atoms with Crippen LogP contribution in [0, 0.1) is 0 Å². The van der Waals surface area contributed by atoms with Crippen molar-refractivity contribution < 1.29 is 14.3 Å². The van der Waals surface area contributed by atoms with Crippen LogP contribution in [0.25, 0.3) is 0 Å². The smallest absolute Gasteiger partial charge is 0.409 e. The Labute approximate surface area is 112 Å². The van der Waals surface area contributed by atoms with Crippen molar-refractivity contribution in [3.63, 3.8) is 0 Å². The van der Waals surface area contributed by atoms with E-state index in [1.54, 1.807) is 20.8 Å². The summed E-state index contributed by atoms with van der Waals surface area (Å²) in [4.78, 5) is 25.6. The van der Waals surface area contributed by atoms with Crippen LogP contribution in [0.15, 0.2) is 35.3 Å². The third-order valence-electron chi connectivity index (χ3n) is 2.16. The number of alkyl carbamates (subject to hydrolysis) is 1. The second-order valence-corrected chi connectivity index (χ2v) is 5.07. The van der Waals surface area contributed by atoms with E-state index >= 15 is 0 Å². The third-order valence-corrected chi connectivity index (χ3v) is 2.16. The molecular formula is C14H18N2O3. The van der Waals surface area contributed by atoms with Gasteiger partial charge in [-0.2, -0.15) is 4.99 Å². The molecule has 5 nitrogen and oxygen atoms in total. The number of amides is 1. The fourth-order valence-corrected chi connectivity index (χ4v) is 1.47. The molecule has 0 spiro atoms. The zero-order valence-corrected chi connectivity index (χ0v) is 11.3. The van der Waals surface area contributed by atoms with Crippen LogP contribution in [0.4, 0.5) is 4.79 Å². The average molecular weight is 262 g/mol. The molecule has 0 aliphatic heterocycles. The van der Waals surface area contributed by atoms with Gasteiger partial charge in [-0.25, -0.2) is 9.59 Å². The number of hydrogen-bond donors (Lipinski definition) is 1. The van der Waals surface area contributed by atoms with Gasteiger partial charge in [-0.15, -0.1) is 0 Å². The molecule has 0 bridgehead atoms. The SMILES string of the molecule is CC(C)(C)OC(=O)N[C@@H](Cc1ccccc1)N=C=O. The Hall–Kier alpha value is -2.13. The lowest BCUT2D eigenvalue weighted by atomic mass is 10.1. The minimum Gasteiger partial charge on any atom is -0.444 e. The number of nitrogens with one attached hydrogen (secondary N) is 1. The van der Waals surface area contributed by atoms with Gasteiger partial charge >= 0.3 is 6.09 Å². The number of isocyanates is 1. The number of benzene rings is 1. The number of nitrogens with zero attached hydrogens (tertiary/aromatic N) is 1. The molecule has 0 unspecified atom stereocenters. The normalized spacial score (nSPS) is 12.2. The topological polar surface area (TPSA) is 67.8 Å². The van der Waals surface area contributed by atoms with Crippen LogP contribution in [0.2, 0.25) is 0 Å². The highest BCUT2D eigenvalue weighted by Gasteiger charge is 2.19. The van der Waals surface area contributed by atoms with Crippen LogP contribution in [0.3, 0.4) is 0 Å². The molecule has 0 saturated heterocycles. The number of ether oxygens (including phenoxy) is 1. The van der Waals surface area contributed by atoms with E-state index in [0.29, 0.717) is 6.42 Å². The van der Waals surface area contributed by atoms with Crippen molar-refractivity contribution in [2.75, 3.05) is 0 Å². The van der Waals surface area contributed by atoms with Gasteiger partial charge in [-0.05, 0) is 26.3 Å². The lowest BCUT2D eigenvalue weighted by Crippen LogP contribution is -2.39. The highest BCUT2D eigenvalue weighted by Crippen LogP contribution is 2.08. The molecule has 0 saturated carbocycles. The van der Waals surface area contributed by atoms with E-state index in [0.717, 1.165) is 5.56 Å². The van der Waals surface area contributed by atoms with E-state index in [-0.39, 0.29) is 0 Å². The minimum absolute atomic E-state index is 0.412. The Morgan fingerprint density at radius 1 is 1.37 bits per heavy atom. The Bertz CT molecular complexity index is 459. The fourth-order valence-electron chi connectivity index (χ4n) is 1.47. The van der Waals surface area contributed by atoms with Crippen LogP contribution >= 0.6 is 0 Å². The van der Waals surface area contributed by atoms with Gasteiger partial charge in [0, 0.05) is 6.42 Å². The zero-order valence-electron chi connectivity index (χ0n) is 11.3. The summed E-state index contributed by atoms with van der Waals surface area (Å²) in [6.45, 7) is 5.30. The summed E-state index contributed by atoms with van der Waals surface area (Å²) < 4.78 is 5.11. The van der Waals surface area contributed by atoms with Gasteiger partial charge in [0.2, 0.25) is 6.08 Å². The summed E-state index contributed by atoms with van der Waals surface area (Å²) in [7, 11) is 0. The highest BCUT2D eigenvalue weighted by molar-refractivity contribution is 5.68. The van der Waals surface area contributed by atoms with Gasteiger partial charge in [-0.1, -0.05) is 30.3 Å². The Kier molecular flexibility index (Phi) is 5.27. The number of aliphatic imine (C=N–C) groups is 1. The van der Waals surface area contributed by atoms with E-state index < -0.39 is 17.9 Å². The molecule has 0 aliphatic carbocycles. The molecule has 102 valence electrons. The Balaban J connectivity index is 2.63. The zero-order chi connectivity index (χ0) is 14.3. The molecule has 1 aromatic carbocycles. The van der Waals surface area contributed by atoms with E-state index in [4.69, 9.17) is 4.74 Å². The van der Waals surface area contributed by atoms with Crippen molar-refractivity contribution in [2.45, 2.75) is 39.0 Å². The predicted molar refractivity (Wildman–Crippen MR) is 71.4 cm³/mol. The maximum Gasteiger partial charge on any atom is 0.409 e. The summed E-state index contributed by atoms with van der Waals surface area (Å²) in [5.74, 6) is 0. The molecule has 0 aliphatic rings. The van der Waals surface area contributed by atoms with Gasteiger partial charge < -0.3 is 4.74 Å². The summed E-state index contributed by atoms with van der Waals surface area (Å²) in [6.07, 6.45) is 0.597. The van der Waals surface area contributed by atoms with Gasteiger partial charge in [0.25, 0.3) is 0 Å². The lowest BCUT2D eigenvalue weighted by Gasteiger charge is -2.21. The van der Waals surface area contributed by atoms with Crippen molar-refractivity contribution in [1.29, 1.82) is 0 Å². The van der Waals surface area contributed by atoms with Gasteiger partial charge in [0.15, 0.2) is 0 Å². The first-order chi connectivity index (χ1) is 8.90. The molecule has 0 fully saturated rings. The molecule has 1 amide bonds. The average Bonchev–Trinajstić information content (AvgIpc) is 2.27. The van der Waals surface area contributed by atoms with Crippen LogP contribution in [-0.2, 0) is 16.0 Å². The monoisotopic (exact) mass is 262 g/mol. The van der Waals surface area contributed by atoms with Crippen LogP contribution in [0.1, 0.15) is 26.3 Å². The molecule has 1 rings (SSSR count). The van der Waals surface area contributed by atoms with Crippen molar-refractivity contribution in [3.05, 3.63) is 35.9 Å². The Morgan fingerprint density at radius 3 is 2.53 bits per heavy atom. The summed E-state index contributed by atoms with van der Waals surface area (Å²) >= 11 is 0. The number of carbonyl (C=O) groups is 1. The molecule has 1 atom stereocenters. The predicted octanol–water partition coefficient (Wildman–Crippen LogP) is 2.42. The molecule has 0 heterocycles. The second-order valence-electron chi connectivity index (χ2n) is 5.07. The van der Waals surface area contributed by atoms with Crippen molar-refractivity contribution in [2.24, 2.45) is 4.99 Å². The molecule has 5 heteroatoms. The van der Waals surface area contributed by atoms with E-state index in [1.807, 2.05) is 30.3 Å². The number of rotatable bonds is 4. The highest BCUT2D eigenvalue weighted by atomic mass is 16.6. The molecule has 1 aromatic rings. The Morgan fingerprint density at radius 2 is 2.00 bits per heavy atom. The molecule has 19 heavy (non-hydrogen) atoms. The van der Waals surface area contributed by atoms with Gasteiger partial charge in [-0.3, -0.25) is 5.32 Å². The quantitative estimate of drug-likeness (QED) is 0.669. The molecule has 0 aromatic heterocycles. The lowest BCUT2D eigenvalue weighted by molar-refractivity contribution is 0.0506. The number of hydrogen-bond acceptors (Lipinski definition) is 4. The first-order valence-electron chi connectivity index (χ1n) is 6.01. The standard InChI is InChI=1S/C14H18N2O3/c1-14(2,3)19-13(18)16-12(15-10-17)9-11-7-5-4-6-8-11/h4-8,12H,9H2,1-3H3,(H,16,18)/t12-/m0/s1. The molecule has 0 radical (unpaired) electrons. The van der Waals surface area contributed by atoms with E-state index in [2.05, 4.69) is 10.3 Å². The van der Waals surface area contributed by atoms with Crippen molar-refractivity contribution in [1.82, 2.24) is 5.32 Å². The second kappa shape index (κ2) is 6.71. The van der Waals surface area contributed by atoms with Crippen LogP contribution in [-0.4, -0.2) is 23.9 Å². The third kappa shape index (κ3) is 6.38. The maximum atomic E-state index is 11.6. The van der Waals surface area contributed by atoms with Gasteiger partial charge in [0.05, 0.1) is 0 Å². The molecule has 1 N–H and O–H groups in total. The fraction of sp³-hybridized carbons (Fsp3) is 0.429. The minimum atomic E-state index is -0.672. The van der Waals surface area contributed by atoms with Crippen molar-refractivity contribution >= 4 is 12.2 Å². The summed E-state index contributed by atoms with van der Waals surface area (Å²) in [5, 5.41) is 2.53. The van der Waals surface area contributed by atoms with E-state index in [9.17, 15) is 9.59 Å². The summed E-state index contributed by atoms with van der Waals surface area (Å²) in [5.41, 5.74) is 0.370. The van der Waals surface area contributed by atoms with E-state index in [1.165, 1.54) is 6.08 Å². The van der Waals surface area contributed by atoms with Crippen molar-refractivity contribution in [3.8, 4) is 0 Å². The van der Waals surface area contributed by atoms with Gasteiger partial charge in [0.1, 0.15) is 11.8 Å².